The monoisotopic (exact) mass is 312 g/mol. The number of hydrogen-bond acceptors (Lipinski definition) is 3. The lowest BCUT2D eigenvalue weighted by Gasteiger charge is -2.39. The molecule has 0 spiro atoms. The zero-order valence-electron chi connectivity index (χ0n) is 10.3. The molecule has 0 radical (unpaired) electrons. The van der Waals surface area contributed by atoms with Crippen LogP contribution in [0, 0.1) is 6.92 Å². The van der Waals surface area contributed by atoms with Gasteiger partial charge in [0.1, 0.15) is 5.54 Å². The Bertz CT molecular complexity index is 478. The van der Waals surface area contributed by atoms with Gasteiger partial charge >= 0.3 is 5.97 Å². The number of hydrogen-bond donors (Lipinski definition) is 2. The van der Waals surface area contributed by atoms with E-state index in [1.807, 2.05) is 30.0 Å². The van der Waals surface area contributed by atoms with Crippen molar-refractivity contribution >= 4 is 27.6 Å². The first kappa shape index (κ1) is 13.4. The largest absolute Gasteiger partial charge is 0.480 e. The van der Waals surface area contributed by atoms with E-state index in [2.05, 4.69) is 15.9 Å². The summed E-state index contributed by atoms with van der Waals surface area (Å²) >= 11 is 3.53. The standard InChI is InChI=1S/C13H17BrN2O2/c1-9-3-4-11(10(14)7-9)16-6-2-5-13(15,8-16)12(17)18/h3-4,7H,2,5-6,8,15H2,1H3,(H,17,18). The van der Waals surface area contributed by atoms with Gasteiger partial charge in [0.25, 0.3) is 0 Å². The van der Waals surface area contributed by atoms with Crippen molar-refractivity contribution in [2.75, 3.05) is 18.0 Å². The number of carboxylic acids is 1. The molecule has 1 saturated heterocycles. The van der Waals surface area contributed by atoms with E-state index in [-0.39, 0.29) is 0 Å². The van der Waals surface area contributed by atoms with Crippen LogP contribution < -0.4 is 10.6 Å². The summed E-state index contributed by atoms with van der Waals surface area (Å²) in [6.45, 7) is 3.22. The van der Waals surface area contributed by atoms with E-state index in [9.17, 15) is 9.90 Å². The summed E-state index contributed by atoms with van der Waals surface area (Å²) in [5, 5.41) is 9.21. The molecular weight excluding hydrogens is 296 g/mol. The van der Waals surface area contributed by atoms with Crippen molar-refractivity contribution in [2.45, 2.75) is 25.3 Å². The zero-order valence-corrected chi connectivity index (χ0v) is 11.9. The fraction of sp³-hybridized carbons (Fsp3) is 0.462. The van der Waals surface area contributed by atoms with Crippen molar-refractivity contribution in [3.63, 3.8) is 0 Å². The maximum Gasteiger partial charge on any atom is 0.325 e. The van der Waals surface area contributed by atoms with E-state index in [0.29, 0.717) is 13.0 Å². The summed E-state index contributed by atoms with van der Waals surface area (Å²) in [5.74, 6) is -0.921. The molecule has 4 nitrogen and oxygen atoms in total. The average molecular weight is 313 g/mol. The molecule has 1 aliphatic rings. The van der Waals surface area contributed by atoms with Gasteiger partial charge in [-0.15, -0.1) is 0 Å². The Hall–Kier alpha value is -1.07. The maximum atomic E-state index is 11.2. The third-order valence-electron chi connectivity index (χ3n) is 3.39. The molecule has 0 bridgehead atoms. The Balaban J connectivity index is 2.26. The third-order valence-corrected chi connectivity index (χ3v) is 4.03. The lowest BCUT2D eigenvalue weighted by Crippen LogP contribution is -2.59. The summed E-state index contributed by atoms with van der Waals surface area (Å²) in [5.41, 5.74) is 6.99. The van der Waals surface area contributed by atoms with Crippen molar-refractivity contribution < 1.29 is 9.90 Å². The van der Waals surface area contributed by atoms with Crippen molar-refractivity contribution in [3.8, 4) is 0 Å². The molecule has 3 N–H and O–H groups in total. The SMILES string of the molecule is Cc1ccc(N2CCCC(N)(C(=O)O)C2)c(Br)c1. The number of halogens is 1. The molecule has 0 saturated carbocycles. The molecule has 1 fully saturated rings. The van der Waals surface area contributed by atoms with Crippen LogP contribution in [0.25, 0.3) is 0 Å². The number of piperidine rings is 1. The molecule has 1 atom stereocenters. The number of rotatable bonds is 2. The number of benzene rings is 1. The molecule has 2 rings (SSSR count). The van der Waals surface area contributed by atoms with Gasteiger partial charge in [0, 0.05) is 17.6 Å². The number of nitrogens with two attached hydrogens (primary N) is 1. The van der Waals surface area contributed by atoms with Gasteiger partial charge in [-0.1, -0.05) is 6.07 Å². The van der Waals surface area contributed by atoms with Crippen molar-refractivity contribution in [1.82, 2.24) is 0 Å². The second-order valence-electron chi connectivity index (χ2n) is 4.94. The second kappa shape index (κ2) is 4.90. The van der Waals surface area contributed by atoms with E-state index < -0.39 is 11.5 Å². The van der Waals surface area contributed by atoms with Gasteiger partial charge < -0.3 is 15.7 Å². The van der Waals surface area contributed by atoms with Gasteiger partial charge in [-0.3, -0.25) is 4.79 Å². The molecule has 1 aliphatic heterocycles. The highest BCUT2D eigenvalue weighted by molar-refractivity contribution is 9.10. The normalized spacial score (nSPS) is 24.1. The van der Waals surface area contributed by atoms with Crippen LogP contribution in [0.3, 0.4) is 0 Å². The Morgan fingerprint density at radius 1 is 1.56 bits per heavy atom. The highest BCUT2D eigenvalue weighted by Gasteiger charge is 2.39. The van der Waals surface area contributed by atoms with Gasteiger partial charge in [0.15, 0.2) is 0 Å². The van der Waals surface area contributed by atoms with Gasteiger partial charge in [-0.2, -0.15) is 0 Å². The molecule has 5 heteroatoms. The predicted molar refractivity (Wildman–Crippen MR) is 74.9 cm³/mol. The lowest BCUT2D eigenvalue weighted by atomic mass is 9.90. The van der Waals surface area contributed by atoms with Crippen LogP contribution in [0.4, 0.5) is 5.69 Å². The fourth-order valence-electron chi connectivity index (χ4n) is 2.33. The minimum Gasteiger partial charge on any atom is -0.480 e. The number of anilines is 1. The number of carbonyl (C=O) groups is 1. The Morgan fingerprint density at radius 3 is 2.89 bits per heavy atom. The highest BCUT2D eigenvalue weighted by atomic mass is 79.9. The molecule has 18 heavy (non-hydrogen) atoms. The zero-order chi connectivity index (χ0) is 13.3. The van der Waals surface area contributed by atoms with Crippen LogP contribution in [0.1, 0.15) is 18.4 Å². The number of aliphatic carboxylic acids is 1. The second-order valence-corrected chi connectivity index (χ2v) is 5.80. The van der Waals surface area contributed by atoms with Crippen molar-refractivity contribution in [3.05, 3.63) is 28.2 Å². The van der Waals surface area contributed by atoms with Gasteiger partial charge in [0.05, 0.1) is 5.69 Å². The van der Waals surface area contributed by atoms with Gasteiger partial charge in [-0.25, -0.2) is 0 Å². The number of aryl methyl sites for hydroxylation is 1. The summed E-state index contributed by atoms with van der Waals surface area (Å²) in [4.78, 5) is 13.3. The van der Waals surface area contributed by atoms with E-state index in [0.717, 1.165) is 23.1 Å². The molecule has 1 unspecified atom stereocenters. The first-order valence-corrected chi connectivity index (χ1v) is 6.75. The highest BCUT2D eigenvalue weighted by Crippen LogP contribution is 2.31. The molecule has 1 heterocycles. The molecule has 0 aliphatic carbocycles. The summed E-state index contributed by atoms with van der Waals surface area (Å²) in [7, 11) is 0. The summed E-state index contributed by atoms with van der Waals surface area (Å²) in [6, 6.07) is 6.06. The van der Waals surface area contributed by atoms with Crippen LogP contribution in [0.2, 0.25) is 0 Å². The van der Waals surface area contributed by atoms with Crippen LogP contribution in [-0.2, 0) is 4.79 Å². The van der Waals surface area contributed by atoms with Crippen LogP contribution in [0.15, 0.2) is 22.7 Å². The Kier molecular flexibility index (Phi) is 3.64. The quantitative estimate of drug-likeness (QED) is 0.878. The number of nitrogens with zero attached hydrogens (tertiary/aromatic N) is 1. The summed E-state index contributed by atoms with van der Waals surface area (Å²) < 4.78 is 0.983. The maximum absolute atomic E-state index is 11.2. The average Bonchev–Trinajstić information content (AvgIpc) is 2.28. The molecule has 0 aromatic heterocycles. The molecule has 0 amide bonds. The summed E-state index contributed by atoms with van der Waals surface area (Å²) in [6.07, 6.45) is 1.32. The third kappa shape index (κ3) is 2.52. The van der Waals surface area contributed by atoms with Crippen molar-refractivity contribution in [1.29, 1.82) is 0 Å². The van der Waals surface area contributed by atoms with E-state index in [1.165, 1.54) is 5.56 Å². The number of carboxylic acid groups (broad SMARTS) is 1. The lowest BCUT2D eigenvalue weighted by molar-refractivity contribution is -0.143. The van der Waals surface area contributed by atoms with Gasteiger partial charge in [-0.05, 0) is 53.4 Å². The Labute approximate surface area is 115 Å². The first-order valence-electron chi connectivity index (χ1n) is 5.96. The van der Waals surface area contributed by atoms with Crippen LogP contribution >= 0.6 is 15.9 Å². The van der Waals surface area contributed by atoms with Crippen LogP contribution in [0.5, 0.6) is 0 Å². The van der Waals surface area contributed by atoms with Crippen LogP contribution in [-0.4, -0.2) is 29.7 Å². The Morgan fingerprint density at radius 2 is 2.28 bits per heavy atom. The first-order chi connectivity index (χ1) is 8.42. The molecule has 1 aromatic rings. The minimum atomic E-state index is -1.14. The van der Waals surface area contributed by atoms with E-state index in [1.54, 1.807) is 0 Å². The predicted octanol–water partition coefficient (Wildman–Crippen LogP) is 2.14. The molecular formula is C13H17BrN2O2. The molecule has 98 valence electrons. The van der Waals surface area contributed by atoms with Gasteiger partial charge in [0.2, 0.25) is 0 Å². The smallest absolute Gasteiger partial charge is 0.325 e. The van der Waals surface area contributed by atoms with Crippen molar-refractivity contribution in [2.24, 2.45) is 5.73 Å². The van der Waals surface area contributed by atoms with E-state index >= 15 is 0 Å². The topological polar surface area (TPSA) is 66.6 Å². The minimum absolute atomic E-state index is 0.351. The molecule has 1 aromatic carbocycles. The van der Waals surface area contributed by atoms with E-state index in [4.69, 9.17) is 5.73 Å². The fourth-order valence-corrected chi connectivity index (χ4v) is 3.08.